The predicted molar refractivity (Wildman–Crippen MR) is 106 cm³/mol. The average molecular weight is 351 g/mol. The molecule has 5 heteroatoms. The number of rotatable bonds is 4. The summed E-state index contributed by atoms with van der Waals surface area (Å²) in [6.07, 6.45) is 3.42. The summed E-state index contributed by atoms with van der Waals surface area (Å²) in [6.45, 7) is 2.59. The van der Waals surface area contributed by atoms with E-state index in [0.29, 0.717) is 12.1 Å². The smallest absolute Gasteiger partial charge is 0.137 e. The van der Waals surface area contributed by atoms with Crippen molar-refractivity contribution in [2.75, 3.05) is 5.32 Å². The van der Waals surface area contributed by atoms with E-state index in [9.17, 15) is 5.26 Å². The van der Waals surface area contributed by atoms with E-state index < -0.39 is 0 Å². The molecular weight excluding hydrogens is 334 g/mol. The third kappa shape index (κ3) is 3.46. The van der Waals surface area contributed by atoms with E-state index in [-0.39, 0.29) is 0 Å². The van der Waals surface area contributed by atoms with E-state index in [1.165, 1.54) is 0 Å². The van der Waals surface area contributed by atoms with Crippen molar-refractivity contribution in [3.05, 3.63) is 83.9 Å². The van der Waals surface area contributed by atoms with Gasteiger partial charge in [-0.3, -0.25) is 4.98 Å². The van der Waals surface area contributed by atoms with Crippen molar-refractivity contribution in [3.8, 4) is 17.2 Å². The minimum absolute atomic E-state index is 0.623. The maximum absolute atomic E-state index is 9.38. The summed E-state index contributed by atoms with van der Waals surface area (Å²) in [5.74, 6) is 0.761. The van der Waals surface area contributed by atoms with Gasteiger partial charge in [0.25, 0.3) is 0 Å². The van der Waals surface area contributed by atoms with Crippen LogP contribution in [0.3, 0.4) is 0 Å². The Morgan fingerprint density at radius 2 is 1.89 bits per heavy atom. The molecule has 0 fully saturated rings. The second-order valence-electron chi connectivity index (χ2n) is 6.27. The fraction of sp³-hybridized carbons (Fsp3) is 0.0909. The number of aryl methyl sites for hydroxylation is 1. The number of pyridine rings is 1. The lowest BCUT2D eigenvalue weighted by Crippen LogP contribution is -2.03. The number of hydrogen-bond acceptors (Lipinski definition) is 5. The van der Waals surface area contributed by atoms with Crippen LogP contribution in [0, 0.1) is 18.3 Å². The molecule has 4 rings (SSSR count). The van der Waals surface area contributed by atoms with Crippen molar-refractivity contribution in [1.29, 1.82) is 5.26 Å². The summed E-state index contributed by atoms with van der Waals surface area (Å²) < 4.78 is 0. The molecule has 4 aromatic rings. The largest absolute Gasteiger partial charge is 0.365 e. The summed E-state index contributed by atoms with van der Waals surface area (Å²) in [5, 5.41) is 13.7. The van der Waals surface area contributed by atoms with Crippen molar-refractivity contribution >= 4 is 16.7 Å². The highest BCUT2D eigenvalue weighted by Crippen LogP contribution is 2.29. The van der Waals surface area contributed by atoms with E-state index in [4.69, 9.17) is 0 Å². The fourth-order valence-electron chi connectivity index (χ4n) is 2.99. The van der Waals surface area contributed by atoms with E-state index >= 15 is 0 Å². The molecule has 0 aliphatic heterocycles. The Morgan fingerprint density at radius 3 is 2.70 bits per heavy atom. The second kappa shape index (κ2) is 7.22. The highest BCUT2D eigenvalue weighted by Gasteiger charge is 2.09. The minimum Gasteiger partial charge on any atom is -0.365 e. The SMILES string of the molecule is Cc1ccc(CNc2ncnc3ccc(-c4ccccc4C#N)cc23)cn1. The minimum atomic E-state index is 0.623. The molecule has 2 aromatic carbocycles. The molecule has 0 aliphatic carbocycles. The first-order valence-corrected chi connectivity index (χ1v) is 8.64. The Labute approximate surface area is 157 Å². The Hall–Kier alpha value is -3.78. The zero-order valence-corrected chi connectivity index (χ0v) is 14.8. The maximum atomic E-state index is 9.38. The highest BCUT2D eigenvalue weighted by molar-refractivity contribution is 5.93. The van der Waals surface area contributed by atoms with E-state index in [1.54, 1.807) is 6.33 Å². The Morgan fingerprint density at radius 1 is 1.00 bits per heavy atom. The van der Waals surface area contributed by atoms with Crippen LogP contribution >= 0.6 is 0 Å². The molecule has 2 heterocycles. The number of hydrogen-bond donors (Lipinski definition) is 1. The quantitative estimate of drug-likeness (QED) is 0.586. The topological polar surface area (TPSA) is 74.5 Å². The molecule has 0 atom stereocenters. The van der Waals surface area contributed by atoms with Gasteiger partial charge in [-0.25, -0.2) is 9.97 Å². The molecule has 0 unspecified atom stereocenters. The lowest BCUT2D eigenvalue weighted by Gasteiger charge is -2.10. The van der Waals surface area contributed by atoms with Crippen LogP contribution in [0.25, 0.3) is 22.0 Å². The van der Waals surface area contributed by atoms with E-state index in [0.717, 1.165) is 39.1 Å². The highest BCUT2D eigenvalue weighted by atomic mass is 15.0. The maximum Gasteiger partial charge on any atom is 0.137 e. The van der Waals surface area contributed by atoms with Gasteiger partial charge in [0, 0.05) is 23.8 Å². The van der Waals surface area contributed by atoms with Gasteiger partial charge in [-0.15, -0.1) is 0 Å². The van der Waals surface area contributed by atoms with E-state index in [1.807, 2.05) is 67.7 Å². The lowest BCUT2D eigenvalue weighted by atomic mass is 9.99. The molecule has 1 N–H and O–H groups in total. The fourth-order valence-corrected chi connectivity index (χ4v) is 2.99. The molecule has 130 valence electrons. The summed E-state index contributed by atoms with van der Waals surface area (Å²) in [4.78, 5) is 13.1. The molecule has 0 aliphatic rings. The van der Waals surface area contributed by atoms with Gasteiger partial charge in [0.2, 0.25) is 0 Å². The third-order valence-electron chi connectivity index (χ3n) is 4.43. The van der Waals surface area contributed by atoms with Crippen molar-refractivity contribution in [1.82, 2.24) is 15.0 Å². The first-order chi connectivity index (χ1) is 13.2. The van der Waals surface area contributed by atoms with Crippen LogP contribution in [0.15, 0.2) is 67.1 Å². The number of benzene rings is 2. The van der Waals surface area contributed by atoms with Gasteiger partial charge in [-0.1, -0.05) is 30.3 Å². The molecule has 0 bridgehead atoms. The number of fused-ring (bicyclic) bond motifs is 1. The first kappa shape index (κ1) is 16.7. The summed E-state index contributed by atoms with van der Waals surface area (Å²) in [6, 6.07) is 19.8. The zero-order chi connectivity index (χ0) is 18.6. The van der Waals surface area contributed by atoms with Crippen LogP contribution in [0.2, 0.25) is 0 Å². The summed E-state index contributed by atoms with van der Waals surface area (Å²) in [7, 11) is 0. The van der Waals surface area contributed by atoms with Crippen LogP contribution in [0.1, 0.15) is 16.8 Å². The average Bonchev–Trinajstić information content (AvgIpc) is 2.73. The van der Waals surface area contributed by atoms with Crippen molar-refractivity contribution in [3.63, 3.8) is 0 Å². The monoisotopic (exact) mass is 351 g/mol. The van der Waals surface area contributed by atoms with Gasteiger partial charge < -0.3 is 5.32 Å². The van der Waals surface area contributed by atoms with Crippen LogP contribution in [-0.4, -0.2) is 15.0 Å². The molecule has 27 heavy (non-hydrogen) atoms. The Balaban J connectivity index is 1.71. The van der Waals surface area contributed by atoms with Crippen LogP contribution < -0.4 is 5.32 Å². The number of aromatic nitrogens is 3. The van der Waals surface area contributed by atoms with Crippen molar-refractivity contribution < 1.29 is 0 Å². The number of anilines is 1. The predicted octanol–water partition coefficient (Wildman–Crippen LogP) is 4.48. The number of nitrogens with zero attached hydrogens (tertiary/aromatic N) is 4. The lowest BCUT2D eigenvalue weighted by molar-refractivity contribution is 1.06. The van der Waals surface area contributed by atoms with Crippen LogP contribution in [0.4, 0.5) is 5.82 Å². The molecule has 0 saturated heterocycles. The van der Waals surface area contributed by atoms with Crippen LogP contribution in [0.5, 0.6) is 0 Å². The molecule has 0 amide bonds. The van der Waals surface area contributed by atoms with Gasteiger partial charge in [0.05, 0.1) is 17.1 Å². The van der Waals surface area contributed by atoms with Gasteiger partial charge in [0.1, 0.15) is 12.1 Å². The molecular formula is C22H17N5. The van der Waals surface area contributed by atoms with E-state index in [2.05, 4.69) is 26.3 Å². The summed E-state index contributed by atoms with van der Waals surface area (Å²) in [5.41, 5.74) is 5.45. The second-order valence-corrected chi connectivity index (χ2v) is 6.27. The molecule has 0 spiro atoms. The van der Waals surface area contributed by atoms with Gasteiger partial charge in [0.15, 0.2) is 0 Å². The zero-order valence-electron chi connectivity index (χ0n) is 14.8. The normalized spacial score (nSPS) is 10.5. The number of nitriles is 1. The molecule has 0 saturated carbocycles. The first-order valence-electron chi connectivity index (χ1n) is 8.64. The van der Waals surface area contributed by atoms with Crippen LogP contribution in [-0.2, 0) is 6.54 Å². The third-order valence-corrected chi connectivity index (χ3v) is 4.43. The molecule has 5 nitrogen and oxygen atoms in total. The number of nitrogens with one attached hydrogen (secondary N) is 1. The van der Waals surface area contributed by atoms with Crippen molar-refractivity contribution in [2.45, 2.75) is 13.5 Å². The summed E-state index contributed by atoms with van der Waals surface area (Å²) >= 11 is 0. The van der Waals surface area contributed by atoms with Gasteiger partial charge in [-0.05, 0) is 47.9 Å². The molecule has 0 radical (unpaired) electrons. The van der Waals surface area contributed by atoms with Gasteiger partial charge >= 0.3 is 0 Å². The van der Waals surface area contributed by atoms with Crippen molar-refractivity contribution in [2.24, 2.45) is 0 Å². The van der Waals surface area contributed by atoms with Gasteiger partial charge in [-0.2, -0.15) is 5.26 Å². The Bertz CT molecular complexity index is 1140. The standard InChI is InChI=1S/C22H17N5/c1-15-6-7-16(12-24-15)13-25-22-20-10-17(8-9-21(20)26-14-27-22)19-5-3-2-4-18(19)11-23/h2-10,12,14H,13H2,1H3,(H,25,26,27). The molecule has 2 aromatic heterocycles. The Kier molecular flexibility index (Phi) is 4.46.